The number of ether oxygens (including phenoxy) is 2. The lowest BCUT2D eigenvalue weighted by molar-refractivity contribution is -0.0119. The van der Waals surface area contributed by atoms with Crippen molar-refractivity contribution in [3.63, 3.8) is 0 Å². The van der Waals surface area contributed by atoms with E-state index in [9.17, 15) is 13.5 Å². The van der Waals surface area contributed by atoms with Crippen LogP contribution < -0.4 is 9.46 Å². The Morgan fingerprint density at radius 2 is 1.82 bits per heavy atom. The van der Waals surface area contributed by atoms with E-state index in [-0.39, 0.29) is 18.0 Å². The van der Waals surface area contributed by atoms with Crippen molar-refractivity contribution in [3.8, 4) is 5.75 Å². The third-order valence-corrected chi connectivity index (χ3v) is 4.51. The molecule has 0 radical (unpaired) electrons. The first-order valence-electron chi connectivity index (χ1n) is 7.08. The molecule has 0 aliphatic carbocycles. The summed E-state index contributed by atoms with van der Waals surface area (Å²) in [6, 6.07) is 3.12. The number of benzene rings is 1. The van der Waals surface area contributed by atoms with Crippen LogP contribution >= 0.6 is 0 Å². The molecule has 0 amide bonds. The van der Waals surface area contributed by atoms with Gasteiger partial charge in [-0.3, -0.25) is 0 Å². The van der Waals surface area contributed by atoms with Gasteiger partial charge in [-0.1, -0.05) is 0 Å². The Morgan fingerprint density at radius 1 is 1.27 bits per heavy atom. The molecule has 0 saturated carbocycles. The fourth-order valence-electron chi connectivity index (χ4n) is 2.13. The second kappa shape index (κ2) is 7.41. The highest BCUT2D eigenvalue weighted by atomic mass is 32.2. The lowest BCUT2D eigenvalue weighted by Crippen LogP contribution is -2.43. The van der Waals surface area contributed by atoms with Crippen molar-refractivity contribution in [1.82, 2.24) is 4.72 Å². The molecule has 0 heterocycles. The van der Waals surface area contributed by atoms with Gasteiger partial charge in [-0.2, -0.15) is 0 Å². The molecule has 6 nitrogen and oxygen atoms in total. The van der Waals surface area contributed by atoms with E-state index in [1.807, 2.05) is 6.92 Å². The average molecular weight is 331 g/mol. The summed E-state index contributed by atoms with van der Waals surface area (Å²) in [6.45, 7) is 7.42. The number of hydrogen-bond acceptors (Lipinski definition) is 5. The van der Waals surface area contributed by atoms with Gasteiger partial charge in [0.1, 0.15) is 5.75 Å². The first-order chi connectivity index (χ1) is 10.1. The number of sulfonamides is 1. The molecule has 7 heteroatoms. The molecule has 1 rings (SSSR count). The van der Waals surface area contributed by atoms with Crippen LogP contribution in [0.5, 0.6) is 5.75 Å². The first-order valence-corrected chi connectivity index (χ1v) is 8.56. The quantitative estimate of drug-likeness (QED) is 0.752. The molecule has 0 aromatic heterocycles. The van der Waals surface area contributed by atoms with Gasteiger partial charge in [0.25, 0.3) is 0 Å². The van der Waals surface area contributed by atoms with E-state index in [2.05, 4.69) is 4.72 Å². The zero-order chi connectivity index (χ0) is 17.0. The van der Waals surface area contributed by atoms with E-state index >= 15 is 0 Å². The van der Waals surface area contributed by atoms with Gasteiger partial charge in [0.2, 0.25) is 10.0 Å². The number of nitrogens with one attached hydrogen (secondary N) is 1. The summed E-state index contributed by atoms with van der Waals surface area (Å²) in [6.07, 6.45) is 0. The largest absolute Gasteiger partial charge is 0.493 e. The Bertz CT molecular complexity index is 587. The SMILES string of the molecule is CCOc1c(C)cc(S(=O)(=O)NC[C@@](C)(O)COC)cc1C. The Hall–Kier alpha value is -1.15. The van der Waals surface area contributed by atoms with Crippen LogP contribution in [0.15, 0.2) is 17.0 Å². The van der Waals surface area contributed by atoms with Crippen LogP contribution in [0.3, 0.4) is 0 Å². The Kier molecular flexibility index (Phi) is 6.37. The zero-order valence-electron chi connectivity index (χ0n) is 13.8. The van der Waals surface area contributed by atoms with Crippen LogP contribution in [0.4, 0.5) is 0 Å². The predicted molar refractivity (Wildman–Crippen MR) is 84.8 cm³/mol. The molecule has 126 valence electrons. The number of aryl methyl sites for hydroxylation is 2. The third-order valence-electron chi connectivity index (χ3n) is 3.13. The molecule has 0 spiro atoms. The Morgan fingerprint density at radius 3 is 2.27 bits per heavy atom. The minimum Gasteiger partial charge on any atom is -0.493 e. The number of aliphatic hydroxyl groups is 1. The molecule has 0 fully saturated rings. The van der Waals surface area contributed by atoms with Crippen LogP contribution in [0.1, 0.15) is 25.0 Å². The van der Waals surface area contributed by atoms with E-state index in [0.717, 1.165) is 11.1 Å². The zero-order valence-corrected chi connectivity index (χ0v) is 14.6. The van der Waals surface area contributed by atoms with E-state index < -0.39 is 15.6 Å². The van der Waals surface area contributed by atoms with E-state index in [1.165, 1.54) is 14.0 Å². The smallest absolute Gasteiger partial charge is 0.240 e. The van der Waals surface area contributed by atoms with Gasteiger partial charge in [0.15, 0.2) is 0 Å². The lowest BCUT2D eigenvalue weighted by Gasteiger charge is -2.22. The number of hydrogen-bond donors (Lipinski definition) is 2. The second-order valence-corrected chi connectivity index (χ2v) is 7.34. The third kappa shape index (κ3) is 4.95. The van der Waals surface area contributed by atoms with Gasteiger partial charge < -0.3 is 14.6 Å². The van der Waals surface area contributed by atoms with Crippen LogP contribution in [0.2, 0.25) is 0 Å². The topological polar surface area (TPSA) is 84.9 Å². The maximum Gasteiger partial charge on any atom is 0.240 e. The molecule has 0 aliphatic rings. The predicted octanol–water partition coefficient (Wildman–Crippen LogP) is 1.38. The highest BCUT2D eigenvalue weighted by molar-refractivity contribution is 7.89. The molecule has 1 atom stereocenters. The maximum atomic E-state index is 12.4. The molecule has 0 aliphatic heterocycles. The van der Waals surface area contributed by atoms with E-state index in [1.54, 1.807) is 26.0 Å². The minimum atomic E-state index is -3.71. The fraction of sp³-hybridized carbons (Fsp3) is 0.600. The Balaban J connectivity index is 2.99. The molecule has 0 saturated heterocycles. The summed E-state index contributed by atoms with van der Waals surface area (Å²) < 4.78 is 37.5. The van der Waals surface area contributed by atoms with Crippen molar-refractivity contribution in [2.75, 3.05) is 26.9 Å². The molecule has 2 N–H and O–H groups in total. The summed E-state index contributed by atoms with van der Waals surface area (Å²) >= 11 is 0. The summed E-state index contributed by atoms with van der Waals surface area (Å²) in [5.74, 6) is 0.702. The van der Waals surface area contributed by atoms with Crippen molar-refractivity contribution < 1.29 is 23.0 Å². The Labute approximate surface area is 132 Å². The van der Waals surface area contributed by atoms with Gasteiger partial charge in [-0.25, -0.2) is 13.1 Å². The molecular formula is C15H25NO5S. The number of rotatable bonds is 8. The van der Waals surface area contributed by atoms with E-state index in [0.29, 0.717) is 12.4 Å². The van der Waals surface area contributed by atoms with Crippen LogP contribution in [-0.2, 0) is 14.8 Å². The molecule has 1 aromatic carbocycles. The van der Waals surface area contributed by atoms with Crippen molar-refractivity contribution in [2.45, 2.75) is 38.2 Å². The second-order valence-electron chi connectivity index (χ2n) is 5.57. The van der Waals surface area contributed by atoms with Crippen molar-refractivity contribution in [3.05, 3.63) is 23.3 Å². The molecule has 0 bridgehead atoms. The highest BCUT2D eigenvalue weighted by Gasteiger charge is 2.25. The summed E-state index contributed by atoms with van der Waals surface area (Å²) in [7, 11) is -2.26. The molecule has 22 heavy (non-hydrogen) atoms. The van der Waals surface area contributed by atoms with E-state index in [4.69, 9.17) is 9.47 Å². The average Bonchev–Trinajstić information content (AvgIpc) is 2.41. The summed E-state index contributed by atoms with van der Waals surface area (Å²) in [5.41, 5.74) is 0.244. The summed E-state index contributed by atoms with van der Waals surface area (Å²) in [4.78, 5) is 0.152. The normalized spacial score (nSPS) is 14.6. The fourth-order valence-corrected chi connectivity index (χ4v) is 3.46. The van der Waals surface area contributed by atoms with Crippen LogP contribution in [0, 0.1) is 13.8 Å². The standard InChI is InChI=1S/C15H25NO5S/c1-6-21-14-11(2)7-13(8-12(14)3)22(18,19)16-9-15(4,17)10-20-5/h7-8,16-17H,6,9-10H2,1-5H3/t15-/m1/s1. The van der Waals surface area contributed by atoms with Gasteiger partial charge in [0.05, 0.1) is 23.7 Å². The van der Waals surface area contributed by atoms with Crippen molar-refractivity contribution in [1.29, 1.82) is 0 Å². The van der Waals surface area contributed by atoms with Crippen molar-refractivity contribution in [2.24, 2.45) is 0 Å². The van der Waals surface area contributed by atoms with Gasteiger partial charge in [0, 0.05) is 13.7 Å². The maximum absolute atomic E-state index is 12.4. The van der Waals surface area contributed by atoms with Gasteiger partial charge in [-0.05, 0) is 51.0 Å². The van der Waals surface area contributed by atoms with Gasteiger partial charge in [-0.15, -0.1) is 0 Å². The molecule has 1 aromatic rings. The highest BCUT2D eigenvalue weighted by Crippen LogP contribution is 2.26. The minimum absolute atomic E-state index is 0.0385. The lowest BCUT2D eigenvalue weighted by atomic mass is 10.1. The van der Waals surface area contributed by atoms with Gasteiger partial charge >= 0.3 is 0 Å². The molecular weight excluding hydrogens is 306 g/mol. The van der Waals surface area contributed by atoms with Crippen LogP contribution in [-0.4, -0.2) is 46.0 Å². The summed E-state index contributed by atoms with van der Waals surface area (Å²) in [5, 5.41) is 9.98. The molecule has 0 unspecified atom stereocenters. The van der Waals surface area contributed by atoms with Crippen LogP contribution in [0.25, 0.3) is 0 Å². The van der Waals surface area contributed by atoms with Crippen molar-refractivity contribution >= 4 is 10.0 Å². The first kappa shape index (κ1) is 18.9. The number of methoxy groups -OCH3 is 1. The monoisotopic (exact) mass is 331 g/mol.